The van der Waals surface area contributed by atoms with Crippen LogP contribution in [-0.4, -0.2) is 28.0 Å². The summed E-state index contributed by atoms with van der Waals surface area (Å²) in [4.78, 5) is 22.9. The van der Waals surface area contributed by atoms with Gasteiger partial charge in [-0.3, -0.25) is 4.79 Å². The highest BCUT2D eigenvalue weighted by molar-refractivity contribution is 7.99. The Labute approximate surface area is 139 Å². The third-order valence-corrected chi connectivity index (χ3v) is 5.43. The molecule has 6 heteroatoms. The third-order valence-electron chi connectivity index (χ3n) is 3.72. The van der Waals surface area contributed by atoms with Crippen molar-refractivity contribution in [3.05, 3.63) is 28.8 Å². The molecule has 1 aromatic rings. The van der Waals surface area contributed by atoms with Crippen LogP contribution in [0.15, 0.2) is 18.2 Å². The molecule has 0 bridgehead atoms. The minimum absolute atomic E-state index is 0.00366. The molecular formula is C16H20ClNO3S. The number of nitrogens with one attached hydrogen (secondary N) is 1. The SMILES string of the molecule is O=C(CCSC1CCCCC1)Nc1ccc(Cl)c(C(=O)O)c1. The maximum Gasteiger partial charge on any atom is 0.337 e. The number of amides is 1. The summed E-state index contributed by atoms with van der Waals surface area (Å²) >= 11 is 7.67. The van der Waals surface area contributed by atoms with E-state index in [1.54, 1.807) is 6.07 Å². The van der Waals surface area contributed by atoms with Crippen molar-refractivity contribution in [2.75, 3.05) is 11.1 Å². The van der Waals surface area contributed by atoms with Crippen molar-refractivity contribution in [2.45, 2.75) is 43.8 Å². The first kappa shape index (κ1) is 17.2. The fourth-order valence-electron chi connectivity index (χ4n) is 2.54. The molecule has 0 heterocycles. The Bertz CT molecular complexity index is 544. The van der Waals surface area contributed by atoms with Crippen LogP contribution in [0.5, 0.6) is 0 Å². The number of halogens is 1. The van der Waals surface area contributed by atoms with Gasteiger partial charge in [-0.2, -0.15) is 11.8 Å². The second-order valence-corrected chi connectivity index (χ2v) is 7.24. The predicted octanol–water partition coefficient (Wildman–Crippen LogP) is 4.43. The molecular weight excluding hydrogens is 322 g/mol. The standard InChI is InChI=1S/C16H20ClNO3S/c17-14-7-6-11(10-13(14)16(20)21)18-15(19)8-9-22-12-4-2-1-3-5-12/h6-7,10,12H,1-5,8-9H2,(H,18,19)(H,20,21). The maximum absolute atomic E-state index is 11.9. The number of thioether (sulfide) groups is 1. The lowest BCUT2D eigenvalue weighted by atomic mass is 10.0. The van der Waals surface area contributed by atoms with E-state index in [0.29, 0.717) is 17.4 Å². The lowest BCUT2D eigenvalue weighted by Crippen LogP contribution is -2.15. The van der Waals surface area contributed by atoms with Crippen LogP contribution in [0.1, 0.15) is 48.9 Å². The van der Waals surface area contributed by atoms with Crippen LogP contribution < -0.4 is 5.32 Å². The number of carbonyl (C=O) groups excluding carboxylic acids is 1. The largest absolute Gasteiger partial charge is 0.478 e. The first-order chi connectivity index (χ1) is 10.6. The van der Waals surface area contributed by atoms with Gasteiger partial charge in [0.2, 0.25) is 5.91 Å². The number of anilines is 1. The van der Waals surface area contributed by atoms with Crippen LogP contribution >= 0.6 is 23.4 Å². The van der Waals surface area contributed by atoms with Gasteiger partial charge in [0.05, 0.1) is 10.6 Å². The Balaban J connectivity index is 1.79. The van der Waals surface area contributed by atoms with Crippen molar-refractivity contribution in [1.82, 2.24) is 0 Å². The van der Waals surface area contributed by atoms with Crippen molar-refractivity contribution >= 4 is 40.9 Å². The number of aromatic carboxylic acids is 1. The van der Waals surface area contributed by atoms with E-state index in [2.05, 4.69) is 5.32 Å². The molecule has 2 N–H and O–H groups in total. The molecule has 1 aliphatic carbocycles. The molecule has 1 aliphatic rings. The van der Waals surface area contributed by atoms with E-state index in [-0.39, 0.29) is 16.5 Å². The fraction of sp³-hybridized carbons (Fsp3) is 0.500. The quantitative estimate of drug-likeness (QED) is 0.803. The molecule has 1 fully saturated rings. The monoisotopic (exact) mass is 341 g/mol. The lowest BCUT2D eigenvalue weighted by Gasteiger charge is -2.20. The summed E-state index contributed by atoms with van der Waals surface area (Å²) in [6, 6.07) is 4.48. The van der Waals surface area contributed by atoms with Crippen molar-refractivity contribution in [2.24, 2.45) is 0 Å². The summed E-state index contributed by atoms with van der Waals surface area (Å²) in [5, 5.41) is 12.6. The van der Waals surface area contributed by atoms with E-state index in [9.17, 15) is 9.59 Å². The van der Waals surface area contributed by atoms with Crippen LogP contribution in [0.4, 0.5) is 5.69 Å². The number of benzene rings is 1. The highest BCUT2D eigenvalue weighted by Gasteiger charge is 2.14. The number of rotatable bonds is 6. The van der Waals surface area contributed by atoms with Crippen LogP contribution in [0.2, 0.25) is 5.02 Å². The number of hydrogen-bond donors (Lipinski definition) is 2. The normalized spacial score (nSPS) is 15.5. The van der Waals surface area contributed by atoms with Gasteiger partial charge in [-0.15, -0.1) is 0 Å². The van der Waals surface area contributed by atoms with Gasteiger partial charge in [0.15, 0.2) is 0 Å². The van der Waals surface area contributed by atoms with Gasteiger partial charge < -0.3 is 10.4 Å². The Hall–Kier alpha value is -1.20. The highest BCUT2D eigenvalue weighted by atomic mass is 35.5. The van der Waals surface area contributed by atoms with Crippen LogP contribution in [0.3, 0.4) is 0 Å². The summed E-state index contributed by atoms with van der Waals surface area (Å²) in [6.07, 6.45) is 6.88. The summed E-state index contributed by atoms with van der Waals surface area (Å²) < 4.78 is 0. The maximum atomic E-state index is 11.9. The van der Waals surface area contributed by atoms with Gasteiger partial charge in [-0.1, -0.05) is 30.9 Å². The molecule has 1 amide bonds. The third kappa shape index (κ3) is 5.21. The Morgan fingerprint density at radius 2 is 2.00 bits per heavy atom. The molecule has 1 aromatic carbocycles. The van der Waals surface area contributed by atoms with E-state index >= 15 is 0 Å². The topological polar surface area (TPSA) is 66.4 Å². The zero-order valence-electron chi connectivity index (χ0n) is 12.3. The van der Waals surface area contributed by atoms with Crippen molar-refractivity contribution in [3.63, 3.8) is 0 Å². The number of carboxylic acids is 1. The number of hydrogen-bond acceptors (Lipinski definition) is 3. The Morgan fingerprint density at radius 3 is 2.68 bits per heavy atom. The molecule has 2 rings (SSSR count). The Morgan fingerprint density at radius 1 is 1.27 bits per heavy atom. The minimum atomic E-state index is -1.10. The minimum Gasteiger partial charge on any atom is -0.478 e. The van der Waals surface area contributed by atoms with Gasteiger partial charge in [-0.25, -0.2) is 4.79 Å². The van der Waals surface area contributed by atoms with E-state index in [0.717, 1.165) is 5.75 Å². The highest BCUT2D eigenvalue weighted by Crippen LogP contribution is 2.28. The van der Waals surface area contributed by atoms with Crippen molar-refractivity contribution < 1.29 is 14.7 Å². The summed E-state index contributed by atoms with van der Waals surface area (Å²) in [5.74, 6) is -0.397. The van der Waals surface area contributed by atoms with Crippen LogP contribution in [0, 0.1) is 0 Å². The molecule has 0 atom stereocenters. The zero-order chi connectivity index (χ0) is 15.9. The van der Waals surface area contributed by atoms with Gasteiger partial charge in [-0.05, 0) is 31.0 Å². The van der Waals surface area contributed by atoms with E-state index in [4.69, 9.17) is 16.7 Å². The zero-order valence-corrected chi connectivity index (χ0v) is 13.9. The van der Waals surface area contributed by atoms with Crippen molar-refractivity contribution in [3.8, 4) is 0 Å². The van der Waals surface area contributed by atoms with Crippen LogP contribution in [0.25, 0.3) is 0 Å². The molecule has 0 radical (unpaired) electrons. The average molecular weight is 342 g/mol. The summed E-state index contributed by atoms with van der Waals surface area (Å²) in [7, 11) is 0. The smallest absolute Gasteiger partial charge is 0.337 e. The summed E-state index contributed by atoms with van der Waals surface area (Å²) in [6.45, 7) is 0. The molecule has 0 unspecified atom stereocenters. The van der Waals surface area contributed by atoms with Gasteiger partial charge in [0.1, 0.15) is 0 Å². The second-order valence-electron chi connectivity index (χ2n) is 5.43. The van der Waals surface area contributed by atoms with Gasteiger partial charge in [0.25, 0.3) is 0 Å². The molecule has 4 nitrogen and oxygen atoms in total. The summed E-state index contributed by atoms with van der Waals surface area (Å²) in [5.41, 5.74) is 0.463. The molecule has 120 valence electrons. The van der Waals surface area contributed by atoms with E-state index in [1.807, 2.05) is 11.8 Å². The fourth-order valence-corrected chi connectivity index (χ4v) is 4.04. The number of carboxylic acid groups (broad SMARTS) is 1. The Kier molecular flexibility index (Phi) is 6.58. The molecule has 0 aliphatic heterocycles. The molecule has 0 aromatic heterocycles. The van der Waals surface area contributed by atoms with Crippen molar-refractivity contribution in [1.29, 1.82) is 0 Å². The van der Waals surface area contributed by atoms with Gasteiger partial charge in [0, 0.05) is 23.1 Å². The molecule has 0 saturated heterocycles. The molecule has 1 saturated carbocycles. The second kappa shape index (κ2) is 8.44. The molecule has 22 heavy (non-hydrogen) atoms. The van der Waals surface area contributed by atoms with Crippen LogP contribution in [-0.2, 0) is 4.79 Å². The number of carbonyl (C=O) groups is 2. The van der Waals surface area contributed by atoms with E-state index in [1.165, 1.54) is 44.2 Å². The molecule has 0 spiro atoms. The first-order valence-electron chi connectivity index (χ1n) is 7.50. The van der Waals surface area contributed by atoms with Gasteiger partial charge >= 0.3 is 5.97 Å². The lowest BCUT2D eigenvalue weighted by molar-refractivity contribution is -0.115. The predicted molar refractivity (Wildman–Crippen MR) is 91.0 cm³/mol. The van der Waals surface area contributed by atoms with E-state index < -0.39 is 5.97 Å². The first-order valence-corrected chi connectivity index (χ1v) is 8.93. The average Bonchev–Trinajstić information content (AvgIpc) is 2.50.